The van der Waals surface area contributed by atoms with Crippen molar-refractivity contribution in [2.75, 3.05) is 31.6 Å². The average Bonchev–Trinajstić information content (AvgIpc) is 3.46. The van der Waals surface area contributed by atoms with Gasteiger partial charge in [-0.25, -0.2) is 4.98 Å². The van der Waals surface area contributed by atoms with Crippen LogP contribution in [0.2, 0.25) is 0 Å². The number of ether oxygens (including phenoxy) is 2. The van der Waals surface area contributed by atoms with Crippen molar-refractivity contribution in [2.24, 2.45) is 5.73 Å². The highest BCUT2D eigenvalue weighted by Crippen LogP contribution is 2.32. The maximum Gasteiger partial charge on any atom is 0.243 e. The molecule has 1 saturated carbocycles. The van der Waals surface area contributed by atoms with Crippen LogP contribution in [-0.4, -0.2) is 68.2 Å². The lowest BCUT2D eigenvalue weighted by Gasteiger charge is -2.38. The van der Waals surface area contributed by atoms with E-state index in [1.165, 1.54) is 11.5 Å². The van der Waals surface area contributed by atoms with E-state index in [9.17, 15) is 4.79 Å². The number of hydrogen-bond acceptors (Lipinski definition) is 9. The fraction of sp³-hybridized carbons (Fsp3) is 0.583. The molecular formula is C24H33N7O3S. The van der Waals surface area contributed by atoms with E-state index >= 15 is 0 Å². The van der Waals surface area contributed by atoms with Gasteiger partial charge in [-0.2, -0.15) is 9.36 Å². The van der Waals surface area contributed by atoms with E-state index in [1.54, 1.807) is 0 Å². The summed E-state index contributed by atoms with van der Waals surface area (Å²) in [7, 11) is 0. The van der Waals surface area contributed by atoms with Crippen LogP contribution in [0.5, 0.6) is 5.88 Å². The van der Waals surface area contributed by atoms with Gasteiger partial charge in [0, 0.05) is 38.3 Å². The van der Waals surface area contributed by atoms with Crippen LogP contribution in [-0.2, 0) is 16.1 Å². The Hall–Kier alpha value is -2.76. The summed E-state index contributed by atoms with van der Waals surface area (Å²) < 4.78 is 18.5. The normalized spacial score (nSPS) is 21.3. The van der Waals surface area contributed by atoms with Gasteiger partial charge in [-0.05, 0) is 62.7 Å². The molecule has 0 bridgehead atoms. The van der Waals surface area contributed by atoms with E-state index in [1.807, 2.05) is 25.3 Å². The Morgan fingerprint density at radius 2 is 2.06 bits per heavy atom. The molecule has 0 radical (unpaired) electrons. The summed E-state index contributed by atoms with van der Waals surface area (Å²) in [5, 5.41) is 4.17. The molecule has 2 aliphatic rings. The highest BCUT2D eigenvalue weighted by molar-refractivity contribution is 7.10. The van der Waals surface area contributed by atoms with Crippen LogP contribution in [0.1, 0.15) is 44.2 Å². The third-order valence-electron chi connectivity index (χ3n) is 6.75. The molecule has 1 amide bonds. The first kappa shape index (κ1) is 24.0. The third-order valence-corrected chi connectivity index (χ3v) is 7.54. The summed E-state index contributed by atoms with van der Waals surface area (Å²) in [6, 6.07) is 4.54. The Labute approximate surface area is 209 Å². The number of carbonyl (C=O) groups is 1. The summed E-state index contributed by atoms with van der Waals surface area (Å²) in [4.78, 5) is 23.3. The zero-order chi connectivity index (χ0) is 24.2. The van der Waals surface area contributed by atoms with Gasteiger partial charge in [-0.1, -0.05) is 0 Å². The Kier molecular flexibility index (Phi) is 7.45. The van der Waals surface area contributed by atoms with Crippen LogP contribution in [0.25, 0.3) is 11.0 Å². The maximum absolute atomic E-state index is 11.2. The molecule has 0 spiro atoms. The first-order valence-electron chi connectivity index (χ1n) is 12.4. The van der Waals surface area contributed by atoms with Gasteiger partial charge in [0.15, 0.2) is 0 Å². The number of carbonyl (C=O) groups excluding carboxylic acids is 1. The van der Waals surface area contributed by atoms with Crippen LogP contribution in [0.4, 0.5) is 10.9 Å². The number of hydrogen-bond donors (Lipinski definition) is 2. The molecule has 0 unspecified atom stereocenters. The Bertz CT molecular complexity index is 1150. The number of nitrogens with zero attached hydrogens (tertiary/aromatic N) is 5. The molecule has 1 aliphatic carbocycles. The smallest absolute Gasteiger partial charge is 0.243 e. The zero-order valence-electron chi connectivity index (χ0n) is 20.1. The van der Waals surface area contributed by atoms with Crippen LogP contribution < -0.4 is 15.8 Å². The van der Waals surface area contributed by atoms with Gasteiger partial charge in [-0.3, -0.25) is 9.69 Å². The second-order valence-electron chi connectivity index (χ2n) is 9.32. The Morgan fingerprint density at radius 3 is 2.77 bits per heavy atom. The highest BCUT2D eigenvalue weighted by Gasteiger charge is 2.29. The topological polar surface area (TPSA) is 120 Å². The van der Waals surface area contributed by atoms with Gasteiger partial charge < -0.3 is 25.1 Å². The molecule has 5 rings (SSSR count). The predicted octanol–water partition coefficient (Wildman–Crippen LogP) is 3.23. The third kappa shape index (κ3) is 5.91. The highest BCUT2D eigenvalue weighted by atomic mass is 32.1. The number of morpholine rings is 1. The van der Waals surface area contributed by atoms with Crippen LogP contribution in [0, 0.1) is 6.92 Å². The molecule has 1 aliphatic heterocycles. The fourth-order valence-electron chi connectivity index (χ4n) is 4.98. The molecule has 11 heteroatoms. The molecule has 10 nitrogen and oxygen atoms in total. The summed E-state index contributed by atoms with van der Waals surface area (Å²) >= 11 is 1.38. The number of nitrogens with one attached hydrogen (secondary N) is 1. The molecule has 4 heterocycles. The largest absolute Gasteiger partial charge is 0.473 e. The van der Waals surface area contributed by atoms with Gasteiger partial charge in [-0.15, -0.1) is 0 Å². The van der Waals surface area contributed by atoms with Gasteiger partial charge in [0.1, 0.15) is 16.6 Å². The van der Waals surface area contributed by atoms with Gasteiger partial charge in [0.25, 0.3) is 0 Å². The molecule has 3 aromatic heterocycles. The van der Waals surface area contributed by atoms with E-state index in [0.717, 1.165) is 73.7 Å². The number of fused-ring (bicyclic) bond motifs is 1. The monoisotopic (exact) mass is 499 g/mol. The number of amides is 1. The first-order chi connectivity index (χ1) is 17.0. The van der Waals surface area contributed by atoms with E-state index in [2.05, 4.69) is 19.2 Å². The van der Waals surface area contributed by atoms with Gasteiger partial charge >= 0.3 is 0 Å². The van der Waals surface area contributed by atoms with Crippen molar-refractivity contribution in [3.05, 3.63) is 24.0 Å². The van der Waals surface area contributed by atoms with E-state index in [0.29, 0.717) is 37.3 Å². The molecular weight excluding hydrogens is 466 g/mol. The van der Waals surface area contributed by atoms with Crippen molar-refractivity contribution in [1.82, 2.24) is 23.8 Å². The summed E-state index contributed by atoms with van der Waals surface area (Å²) in [6.07, 6.45) is 7.30. The molecule has 0 aromatic carbocycles. The minimum absolute atomic E-state index is 0.109. The number of rotatable bonds is 9. The van der Waals surface area contributed by atoms with Crippen molar-refractivity contribution in [3.8, 4) is 5.88 Å². The standard InChI is InChI=1S/C24H33N7O3S/c1-16-15-21(35-29-16)27-24-26-19-8-10-31(9-2-3-20(25)32)22(19)23(28-24)34-18-6-4-17(5-7-18)30-11-13-33-14-12-30/h8,10,15,17-18H,2-7,9,11-14H2,1H3,(H2,25,32)(H,26,27,28). The fourth-order valence-corrected chi connectivity index (χ4v) is 5.64. The lowest BCUT2D eigenvalue weighted by atomic mass is 9.91. The lowest BCUT2D eigenvalue weighted by molar-refractivity contribution is -0.118. The second-order valence-corrected chi connectivity index (χ2v) is 10.1. The van der Waals surface area contributed by atoms with Gasteiger partial charge in [0.05, 0.1) is 24.4 Å². The number of aromatic nitrogens is 4. The molecule has 35 heavy (non-hydrogen) atoms. The number of aryl methyl sites for hydroxylation is 2. The molecule has 0 atom stereocenters. The SMILES string of the molecule is Cc1cc(Nc2nc(OC3CCC(N4CCOCC4)CC3)c3c(ccn3CCCC(N)=O)n2)sn1. The minimum Gasteiger partial charge on any atom is -0.473 e. The Balaban J connectivity index is 1.34. The quantitative estimate of drug-likeness (QED) is 0.460. The second kappa shape index (κ2) is 10.9. The van der Waals surface area contributed by atoms with Crippen molar-refractivity contribution in [1.29, 1.82) is 0 Å². The average molecular weight is 500 g/mol. The molecule has 2 fully saturated rings. The van der Waals surface area contributed by atoms with E-state index < -0.39 is 0 Å². The first-order valence-corrected chi connectivity index (χ1v) is 13.2. The Morgan fingerprint density at radius 1 is 1.26 bits per heavy atom. The maximum atomic E-state index is 11.2. The minimum atomic E-state index is -0.294. The van der Waals surface area contributed by atoms with Crippen LogP contribution >= 0.6 is 11.5 Å². The number of anilines is 2. The molecule has 3 aromatic rings. The van der Waals surface area contributed by atoms with Crippen molar-refractivity contribution in [3.63, 3.8) is 0 Å². The summed E-state index contributed by atoms with van der Waals surface area (Å²) in [5.41, 5.74) is 7.95. The predicted molar refractivity (Wildman–Crippen MR) is 135 cm³/mol. The van der Waals surface area contributed by atoms with Crippen LogP contribution in [0.3, 0.4) is 0 Å². The number of primary amides is 1. The van der Waals surface area contributed by atoms with Crippen molar-refractivity contribution >= 4 is 39.4 Å². The van der Waals surface area contributed by atoms with E-state index in [4.69, 9.17) is 25.2 Å². The molecule has 188 valence electrons. The molecule has 1 saturated heterocycles. The molecule has 3 N–H and O–H groups in total. The van der Waals surface area contributed by atoms with Crippen molar-refractivity contribution < 1.29 is 14.3 Å². The zero-order valence-corrected chi connectivity index (χ0v) is 20.9. The summed E-state index contributed by atoms with van der Waals surface area (Å²) in [5.74, 6) is 0.781. The van der Waals surface area contributed by atoms with Crippen molar-refractivity contribution in [2.45, 2.75) is 64.1 Å². The van der Waals surface area contributed by atoms with E-state index in [-0.39, 0.29) is 12.0 Å². The van der Waals surface area contributed by atoms with Gasteiger partial charge in [0.2, 0.25) is 17.7 Å². The summed E-state index contributed by atoms with van der Waals surface area (Å²) in [6.45, 7) is 6.31. The number of nitrogens with two attached hydrogens (primary N) is 1. The van der Waals surface area contributed by atoms with Crippen LogP contribution in [0.15, 0.2) is 18.3 Å². The lowest BCUT2D eigenvalue weighted by Crippen LogP contribution is -2.46.